The molecule has 0 spiro atoms. The molecular formula is C30H38N4O4S2. The lowest BCUT2D eigenvalue weighted by Gasteiger charge is -2.19. The summed E-state index contributed by atoms with van der Waals surface area (Å²) in [5.41, 5.74) is 2.84. The average Bonchev–Trinajstić information content (AvgIpc) is 3.46. The number of hydrogen-bond donors (Lipinski definition) is 1. The minimum absolute atomic E-state index is 0.0723. The zero-order valence-corrected chi connectivity index (χ0v) is 25.5. The molecule has 8 nitrogen and oxygen atoms in total. The third kappa shape index (κ3) is 7.34. The molecule has 40 heavy (non-hydrogen) atoms. The van der Waals surface area contributed by atoms with Crippen LogP contribution in [0.2, 0.25) is 0 Å². The summed E-state index contributed by atoms with van der Waals surface area (Å²) in [5, 5.41) is 12.7. The molecule has 1 aliphatic carbocycles. The standard InChI is InChI=1S/C30H38N4O4S2/c1-7-16-34-24(17-37-21-14-12-20(13-15-21)30(4,5)6)32-33-29(34)39-18-25(35)31-27-26(28(36)38-19(2)3)22-10-8-9-11-23(22)40-27/h7,12-15,19H,1,8-11,16-18H2,2-6H3,(H,31,35). The first kappa shape index (κ1) is 29.9. The van der Waals surface area contributed by atoms with Crippen molar-refractivity contribution in [2.45, 2.75) is 90.1 Å². The maximum atomic E-state index is 13.0. The quantitative estimate of drug-likeness (QED) is 0.155. The highest BCUT2D eigenvalue weighted by Crippen LogP contribution is 2.39. The number of amides is 1. The molecule has 0 aliphatic heterocycles. The van der Waals surface area contributed by atoms with Crippen molar-refractivity contribution in [2.24, 2.45) is 0 Å². The first-order valence-electron chi connectivity index (χ1n) is 13.6. The zero-order chi connectivity index (χ0) is 28.9. The van der Waals surface area contributed by atoms with Gasteiger partial charge in [-0.3, -0.25) is 9.36 Å². The lowest BCUT2D eigenvalue weighted by Crippen LogP contribution is -2.19. The Morgan fingerprint density at radius 1 is 1.18 bits per heavy atom. The summed E-state index contributed by atoms with van der Waals surface area (Å²) in [6, 6.07) is 8.06. The largest absolute Gasteiger partial charge is 0.486 e. The maximum absolute atomic E-state index is 13.0. The van der Waals surface area contributed by atoms with Crippen LogP contribution in [0.5, 0.6) is 5.75 Å². The van der Waals surface area contributed by atoms with Crippen LogP contribution in [0, 0.1) is 0 Å². The maximum Gasteiger partial charge on any atom is 0.341 e. The average molecular weight is 583 g/mol. The van der Waals surface area contributed by atoms with Gasteiger partial charge in [0.1, 0.15) is 17.4 Å². The van der Waals surface area contributed by atoms with Gasteiger partial charge in [0, 0.05) is 11.4 Å². The fraction of sp³-hybridized carbons (Fsp3) is 0.467. The van der Waals surface area contributed by atoms with Gasteiger partial charge in [-0.2, -0.15) is 0 Å². The summed E-state index contributed by atoms with van der Waals surface area (Å²) in [7, 11) is 0. The number of thiophene rings is 1. The summed E-state index contributed by atoms with van der Waals surface area (Å²) in [6.45, 7) is 14.8. The molecule has 1 aliphatic rings. The molecule has 2 aromatic heterocycles. The topological polar surface area (TPSA) is 95.3 Å². The fourth-order valence-electron chi connectivity index (χ4n) is 4.48. The van der Waals surface area contributed by atoms with E-state index in [0.29, 0.717) is 28.1 Å². The number of aromatic nitrogens is 3. The number of esters is 1. The Kier molecular flexibility index (Phi) is 9.73. The molecule has 0 fully saturated rings. The highest BCUT2D eigenvalue weighted by Gasteiger charge is 2.28. The fourth-order valence-corrected chi connectivity index (χ4v) is 6.54. The van der Waals surface area contributed by atoms with E-state index in [-0.39, 0.29) is 35.8 Å². The second-order valence-corrected chi connectivity index (χ2v) is 13.1. The van der Waals surface area contributed by atoms with Crippen molar-refractivity contribution in [3.8, 4) is 5.75 Å². The van der Waals surface area contributed by atoms with E-state index in [4.69, 9.17) is 9.47 Å². The third-order valence-corrected chi connectivity index (χ3v) is 8.67. The van der Waals surface area contributed by atoms with Crippen molar-refractivity contribution in [3.63, 3.8) is 0 Å². The number of rotatable bonds is 11. The molecule has 3 aromatic rings. The van der Waals surface area contributed by atoms with Crippen LogP contribution < -0.4 is 10.1 Å². The number of anilines is 1. The Bertz CT molecular complexity index is 1350. The molecule has 10 heteroatoms. The third-order valence-electron chi connectivity index (χ3n) is 6.50. The zero-order valence-electron chi connectivity index (χ0n) is 23.9. The Morgan fingerprint density at radius 2 is 1.90 bits per heavy atom. The summed E-state index contributed by atoms with van der Waals surface area (Å²) in [5.74, 6) is 0.923. The van der Waals surface area contributed by atoms with E-state index >= 15 is 0 Å². The highest BCUT2D eigenvalue weighted by atomic mass is 32.2. The minimum Gasteiger partial charge on any atom is -0.486 e. The first-order valence-corrected chi connectivity index (χ1v) is 15.4. The Labute approximate surface area is 244 Å². The van der Waals surface area contributed by atoms with Crippen LogP contribution >= 0.6 is 23.1 Å². The van der Waals surface area contributed by atoms with Crippen LogP contribution in [-0.4, -0.2) is 38.5 Å². The van der Waals surface area contributed by atoms with E-state index in [1.807, 2.05) is 30.5 Å². The highest BCUT2D eigenvalue weighted by molar-refractivity contribution is 7.99. The molecule has 0 atom stereocenters. The Morgan fingerprint density at radius 3 is 2.58 bits per heavy atom. The predicted molar refractivity (Wildman–Crippen MR) is 161 cm³/mol. The molecular weight excluding hydrogens is 544 g/mol. The summed E-state index contributed by atoms with van der Waals surface area (Å²) < 4.78 is 13.4. The molecule has 0 radical (unpaired) electrons. The molecule has 2 heterocycles. The molecule has 214 valence electrons. The van der Waals surface area contributed by atoms with Crippen LogP contribution in [0.1, 0.15) is 79.6 Å². The first-order chi connectivity index (χ1) is 19.1. The van der Waals surface area contributed by atoms with Gasteiger partial charge in [0.2, 0.25) is 5.91 Å². The number of nitrogens with one attached hydrogen (secondary N) is 1. The van der Waals surface area contributed by atoms with E-state index in [0.717, 1.165) is 41.9 Å². The molecule has 0 unspecified atom stereocenters. The molecule has 0 saturated heterocycles. The van der Waals surface area contributed by atoms with Crippen LogP contribution in [0.4, 0.5) is 5.00 Å². The predicted octanol–water partition coefficient (Wildman–Crippen LogP) is 6.58. The summed E-state index contributed by atoms with van der Waals surface area (Å²) in [6.07, 6.45) is 5.39. The van der Waals surface area contributed by atoms with Gasteiger partial charge in [-0.15, -0.1) is 28.1 Å². The van der Waals surface area contributed by atoms with Gasteiger partial charge in [0.05, 0.1) is 17.4 Å². The van der Waals surface area contributed by atoms with E-state index in [1.165, 1.54) is 28.7 Å². The molecule has 1 amide bonds. The molecule has 0 bridgehead atoms. The summed E-state index contributed by atoms with van der Waals surface area (Å²) in [4.78, 5) is 27.1. The second kappa shape index (κ2) is 13.0. The summed E-state index contributed by atoms with van der Waals surface area (Å²) >= 11 is 2.77. The van der Waals surface area contributed by atoms with E-state index < -0.39 is 0 Å². The van der Waals surface area contributed by atoms with E-state index in [9.17, 15) is 9.59 Å². The van der Waals surface area contributed by atoms with Gasteiger partial charge in [-0.05, 0) is 68.2 Å². The van der Waals surface area contributed by atoms with Crippen molar-refractivity contribution < 1.29 is 19.1 Å². The lowest BCUT2D eigenvalue weighted by atomic mass is 9.87. The van der Waals surface area contributed by atoms with Crippen LogP contribution in [0.25, 0.3) is 0 Å². The van der Waals surface area contributed by atoms with Crippen molar-refractivity contribution >= 4 is 40.0 Å². The number of nitrogens with zero attached hydrogens (tertiary/aromatic N) is 3. The van der Waals surface area contributed by atoms with Crippen LogP contribution in [-0.2, 0) is 40.9 Å². The smallest absolute Gasteiger partial charge is 0.341 e. The van der Waals surface area contributed by atoms with Crippen molar-refractivity contribution in [1.82, 2.24) is 14.8 Å². The number of hydrogen-bond acceptors (Lipinski definition) is 8. The van der Waals surface area contributed by atoms with Crippen LogP contribution in [0.3, 0.4) is 0 Å². The van der Waals surface area contributed by atoms with Crippen molar-refractivity contribution in [1.29, 1.82) is 0 Å². The molecule has 4 rings (SSSR count). The van der Waals surface area contributed by atoms with Crippen molar-refractivity contribution in [2.75, 3.05) is 11.1 Å². The Hall–Kier alpha value is -3.11. The van der Waals surface area contributed by atoms with E-state index in [2.05, 4.69) is 55.0 Å². The van der Waals surface area contributed by atoms with Crippen LogP contribution in [0.15, 0.2) is 42.1 Å². The number of ether oxygens (including phenoxy) is 2. The van der Waals surface area contributed by atoms with Gasteiger partial charge in [-0.25, -0.2) is 4.79 Å². The normalized spacial score (nSPS) is 13.2. The monoisotopic (exact) mass is 582 g/mol. The molecule has 1 aromatic carbocycles. The number of thioether (sulfide) groups is 1. The van der Waals surface area contributed by atoms with Crippen molar-refractivity contribution in [3.05, 3.63) is 64.3 Å². The SMILES string of the molecule is C=CCn1c(COc2ccc(C(C)(C)C)cc2)nnc1SCC(=O)Nc1sc2c(c1C(=O)OC(C)C)CCCC2. The number of fused-ring (bicyclic) bond motifs is 1. The number of carbonyl (C=O) groups excluding carboxylic acids is 2. The number of aryl methyl sites for hydroxylation is 1. The van der Waals surface area contributed by atoms with Gasteiger partial charge < -0.3 is 14.8 Å². The number of benzene rings is 1. The van der Waals surface area contributed by atoms with E-state index in [1.54, 1.807) is 6.08 Å². The van der Waals surface area contributed by atoms with Gasteiger partial charge in [-0.1, -0.05) is 50.7 Å². The number of allylic oxidation sites excluding steroid dienone is 1. The van der Waals surface area contributed by atoms with Gasteiger partial charge in [0.25, 0.3) is 0 Å². The lowest BCUT2D eigenvalue weighted by molar-refractivity contribution is -0.113. The van der Waals surface area contributed by atoms with Gasteiger partial charge >= 0.3 is 5.97 Å². The van der Waals surface area contributed by atoms with Gasteiger partial charge in [0.15, 0.2) is 11.0 Å². The molecule has 0 saturated carbocycles. The minimum atomic E-state index is -0.374. The molecule has 1 N–H and O–H groups in total. The Balaban J connectivity index is 1.41. The number of carbonyl (C=O) groups is 2. The second-order valence-electron chi connectivity index (χ2n) is 11.1.